The Morgan fingerprint density at radius 3 is 2.71 bits per heavy atom. The molecule has 0 saturated heterocycles. The Labute approximate surface area is 131 Å². The van der Waals surface area contributed by atoms with Gasteiger partial charge in [0.25, 0.3) is 0 Å². The topological polar surface area (TPSA) is 21.3 Å². The molecule has 1 fully saturated rings. The van der Waals surface area contributed by atoms with E-state index in [1.165, 1.54) is 12.0 Å². The van der Waals surface area contributed by atoms with E-state index in [1.54, 1.807) is 0 Å². The zero-order chi connectivity index (χ0) is 14.7. The molecule has 21 heavy (non-hydrogen) atoms. The number of likely N-dealkylation sites (N-methyl/N-ethyl adjacent to an activating group) is 1. The fourth-order valence-electron chi connectivity index (χ4n) is 2.91. The summed E-state index contributed by atoms with van der Waals surface area (Å²) in [6.45, 7) is 0.671. The quantitative estimate of drug-likeness (QED) is 0.867. The summed E-state index contributed by atoms with van der Waals surface area (Å²) in [5.41, 5.74) is 1.44. The molecule has 3 heteroatoms. The van der Waals surface area contributed by atoms with Gasteiger partial charge in [0.2, 0.25) is 0 Å². The van der Waals surface area contributed by atoms with Crippen LogP contribution in [0.5, 0.6) is 5.75 Å². The molecule has 3 unspecified atom stereocenters. The van der Waals surface area contributed by atoms with Gasteiger partial charge < -0.3 is 10.1 Å². The minimum atomic E-state index is 0.370. The maximum atomic E-state index is 5.98. The zero-order valence-corrected chi connectivity index (χ0v) is 12.9. The van der Waals surface area contributed by atoms with Gasteiger partial charge in [-0.15, -0.1) is 0 Å². The van der Waals surface area contributed by atoms with Crippen molar-refractivity contribution in [1.82, 2.24) is 5.32 Å². The van der Waals surface area contributed by atoms with Crippen molar-refractivity contribution in [3.8, 4) is 5.75 Å². The van der Waals surface area contributed by atoms with E-state index in [1.807, 2.05) is 31.3 Å². The molecule has 110 valence electrons. The minimum Gasteiger partial charge on any atom is -0.492 e. The largest absolute Gasteiger partial charge is 0.492 e. The highest BCUT2D eigenvalue weighted by atomic mass is 35.5. The molecule has 3 rings (SSSR count). The van der Waals surface area contributed by atoms with Crippen LogP contribution >= 0.6 is 11.6 Å². The molecule has 0 aliphatic heterocycles. The number of ether oxygens (including phenoxy) is 1. The molecule has 1 saturated carbocycles. The van der Waals surface area contributed by atoms with Gasteiger partial charge in [0.1, 0.15) is 12.4 Å². The molecular formula is C18H20ClNO. The fourth-order valence-corrected chi connectivity index (χ4v) is 3.09. The number of hydrogen-bond donors (Lipinski definition) is 1. The van der Waals surface area contributed by atoms with Crippen molar-refractivity contribution >= 4 is 11.6 Å². The summed E-state index contributed by atoms with van der Waals surface area (Å²) in [6.07, 6.45) is 1.23. The predicted molar refractivity (Wildman–Crippen MR) is 87.1 cm³/mol. The molecule has 1 aliphatic carbocycles. The van der Waals surface area contributed by atoms with Crippen molar-refractivity contribution < 1.29 is 4.74 Å². The second-order valence-corrected chi connectivity index (χ2v) is 6.02. The number of benzene rings is 2. The van der Waals surface area contributed by atoms with Crippen LogP contribution < -0.4 is 10.1 Å². The lowest BCUT2D eigenvalue weighted by Gasteiger charge is -2.17. The predicted octanol–water partition coefficient (Wildman–Crippen LogP) is 4.11. The van der Waals surface area contributed by atoms with Crippen LogP contribution in [0.25, 0.3) is 0 Å². The summed E-state index contributed by atoms with van der Waals surface area (Å²) in [5.74, 6) is 2.14. The molecule has 1 aliphatic rings. The molecule has 2 aromatic rings. The lowest BCUT2D eigenvalue weighted by atomic mass is 10.1. The lowest BCUT2D eigenvalue weighted by Crippen LogP contribution is -2.34. The van der Waals surface area contributed by atoms with Crippen LogP contribution in [-0.4, -0.2) is 19.7 Å². The van der Waals surface area contributed by atoms with Crippen LogP contribution in [0.2, 0.25) is 5.02 Å². The highest BCUT2D eigenvalue weighted by Gasteiger charge is 2.43. The first-order valence-electron chi connectivity index (χ1n) is 7.38. The van der Waals surface area contributed by atoms with Crippen molar-refractivity contribution in [3.05, 3.63) is 65.2 Å². The standard InChI is InChI=1S/C18H20ClNO/c1-20-18(12-21-15-9-5-8-14(19)10-15)17-11-16(17)13-6-3-2-4-7-13/h2-10,16-18,20H,11-12H2,1H3. The van der Waals surface area contributed by atoms with E-state index in [-0.39, 0.29) is 0 Å². The molecular weight excluding hydrogens is 282 g/mol. The molecule has 1 N–H and O–H groups in total. The van der Waals surface area contributed by atoms with E-state index in [0.717, 1.165) is 5.75 Å². The summed E-state index contributed by atoms with van der Waals surface area (Å²) in [6, 6.07) is 18.7. The summed E-state index contributed by atoms with van der Waals surface area (Å²) < 4.78 is 5.88. The third-order valence-electron chi connectivity index (χ3n) is 4.18. The molecule has 2 aromatic carbocycles. The SMILES string of the molecule is CNC(COc1cccc(Cl)c1)C1CC1c1ccccc1. The molecule has 0 aromatic heterocycles. The Kier molecular flexibility index (Phi) is 4.47. The average Bonchev–Trinajstić information content (AvgIpc) is 3.29. The maximum Gasteiger partial charge on any atom is 0.120 e. The van der Waals surface area contributed by atoms with E-state index in [9.17, 15) is 0 Å². The van der Waals surface area contributed by atoms with Gasteiger partial charge in [0.05, 0.1) is 0 Å². The Balaban J connectivity index is 1.57. The second kappa shape index (κ2) is 6.50. The van der Waals surface area contributed by atoms with E-state index >= 15 is 0 Å². The van der Waals surface area contributed by atoms with Gasteiger partial charge in [-0.2, -0.15) is 0 Å². The first kappa shape index (κ1) is 14.4. The molecule has 3 atom stereocenters. The normalized spacial score (nSPS) is 21.8. The van der Waals surface area contributed by atoms with Gasteiger partial charge in [-0.05, 0) is 49.1 Å². The highest BCUT2D eigenvalue weighted by molar-refractivity contribution is 6.30. The van der Waals surface area contributed by atoms with Crippen LogP contribution in [0.15, 0.2) is 54.6 Å². The van der Waals surface area contributed by atoms with Gasteiger partial charge >= 0.3 is 0 Å². The molecule has 0 amide bonds. The highest BCUT2D eigenvalue weighted by Crippen LogP contribution is 2.49. The van der Waals surface area contributed by atoms with Gasteiger partial charge in [-0.1, -0.05) is 48.0 Å². The second-order valence-electron chi connectivity index (χ2n) is 5.58. The van der Waals surface area contributed by atoms with Crippen molar-refractivity contribution in [1.29, 1.82) is 0 Å². The summed E-state index contributed by atoms with van der Waals surface area (Å²) in [7, 11) is 2.01. The van der Waals surface area contributed by atoms with E-state index in [2.05, 4.69) is 35.6 Å². The number of hydrogen-bond acceptors (Lipinski definition) is 2. The monoisotopic (exact) mass is 301 g/mol. The van der Waals surface area contributed by atoms with Gasteiger partial charge in [-0.25, -0.2) is 0 Å². The minimum absolute atomic E-state index is 0.370. The molecule has 0 radical (unpaired) electrons. The van der Waals surface area contributed by atoms with Gasteiger partial charge in [-0.3, -0.25) is 0 Å². The first-order valence-corrected chi connectivity index (χ1v) is 7.76. The molecule has 0 bridgehead atoms. The number of nitrogens with one attached hydrogen (secondary N) is 1. The third-order valence-corrected chi connectivity index (χ3v) is 4.42. The van der Waals surface area contributed by atoms with Crippen LogP contribution in [0.4, 0.5) is 0 Å². The Morgan fingerprint density at radius 2 is 2.00 bits per heavy atom. The Hall–Kier alpha value is -1.51. The third kappa shape index (κ3) is 3.58. The summed E-state index contributed by atoms with van der Waals surface area (Å²) in [4.78, 5) is 0. The summed E-state index contributed by atoms with van der Waals surface area (Å²) >= 11 is 5.98. The Bertz CT molecular complexity index is 587. The van der Waals surface area contributed by atoms with Crippen LogP contribution in [0.1, 0.15) is 17.9 Å². The van der Waals surface area contributed by atoms with E-state index in [4.69, 9.17) is 16.3 Å². The molecule has 0 spiro atoms. The van der Waals surface area contributed by atoms with Crippen LogP contribution in [-0.2, 0) is 0 Å². The van der Waals surface area contributed by atoms with E-state index in [0.29, 0.717) is 29.5 Å². The summed E-state index contributed by atoms with van der Waals surface area (Å²) in [5, 5.41) is 4.10. The lowest BCUT2D eigenvalue weighted by molar-refractivity contribution is 0.254. The van der Waals surface area contributed by atoms with Crippen LogP contribution in [0, 0.1) is 5.92 Å². The molecule has 0 heterocycles. The Morgan fingerprint density at radius 1 is 1.19 bits per heavy atom. The number of rotatable bonds is 6. The van der Waals surface area contributed by atoms with Crippen molar-refractivity contribution in [2.45, 2.75) is 18.4 Å². The van der Waals surface area contributed by atoms with Crippen molar-refractivity contribution in [2.24, 2.45) is 5.92 Å². The smallest absolute Gasteiger partial charge is 0.120 e. The van der Waals surface area contributed by atoms with E-state index < -0.39 is 0 Å². The van der Waals surface area contributed by atoms with Crippen LogP contribution in [0.3, 0.4) is 0 Å². The number of halogens is 1. The first-order chi connectivity index (χ1) is 10.3. The zero-order valence-electron chi connectivity index (χ0n) is 12.1. The van der Waals surface area contributed by atoms with Crippen molar-refractivity contribution in [2.75, 3.05) is 13.7 Å². The van der Waals surface area contributed by atoms with Crippen molar-refractivity contribution in [3.63, 3.8) is 0 Å². The van der Waals surface area contributed by atoms with Gasteiger partial charge in [0.15, 0.2) is 0 Å². The average molecular weight is 302 g/mol. The fraction of sp³-hybridized carbons (Fsp3) is 0.333. The maximum absolute atomic E-state index is 5.98. The molecule has 2 nitrogen and oxygen atoms in total. The van der Waals surface area contributed by atoms with Gasteiger partial charge in [0, 0.05) is 11.1 Å².